The molecule has 3 heteroatoms. The third-order valence-corrected chi connectivity index (χ3v) is 3.19. The van der Waals surface area contributed by atoms with Crippen LogP contribution in [0.4, 0.5) is 0 Å². The molecule has 0 aliphatic carbocycles. The van der Waals surface area contributed by atoms with Gasteiger partial charge in [0.15, 0.2) is 0 Å². The van der Waals surface area contributed by atoms with Gasteiger partial charge in [0.25, 0.3) is 0 Å². The first-order valence-corrected chi connectivity index (χ1v) is 5.95. The summed E-state index contributed by atoms with van der Waals surface area (Å²) in [5, 5.41) is 23.3. The molecule has 1 atom stereocenters. The molecular weight excluding hydrogens is 190 g/mol. The van der Waals surface area contributed by atoms with Crippen LogP contribution in [0.1, 0.15) is 41.0 Å². The Morgan fingerprint density at radius 3 is 1.93 bits per heavy atom. The minimum Gasteiger partial charge on any atom is -0.392 e. The summed E-state index contributed by atoms with van der Waals surface area (Å²) in [6.45, 7) is 11.4. The second-order valence-electron chi connectivity index (χ2n) is 4.97. The molecule has 0 rings (SSSR count). The van der Waals surface area contributed by atoms with Crippen molar-refractivity contribution in [3.05, 3.63) is 0 Å². The molecule has 0 fully saturated rings. The van der Waals surface area contributed by atoms with Gasteiger partial charge in [-0.15, -0.1) is 0 Å². The fraction of sp³-hybridized carbons (Fsp3) is 1.00. The van der Waals surface area contributed by atoms with Crippen LogP contribution in [0.3, 0.4) is 0 Å². The second kappa shape index (κ2) is 6.46. The number of hydrogen-bond donors (Lipinski definition) is 3. The molecule has 0 radical (unpaired) electrons. The van der Waals surface area contributed by atoms with E-state index in [1.165, 1.54) is 0 Å². The Morgan fingerprint density at radius 1 is 1.13 bits per heavy atom. The minimum absolute atomic E-state index is 0.161. The summed E-state index contributed by atoms with van der Waals surface area (Å²) in [4.78, 5) is 0. The zero-order chi connectivity index (χ0) is 12.1. The van der Waals surface area contributed by atoms with Crippen molar-refractivity contribution in [1.29, 1.82) is 0 Å². The summed E-state index contributed by atoms with van der Waals surface area (Å²) in [6.07, 6.45) is -0.0326. The summed E-state index contributed by atoms with van der Waals surface area (Å²) in [5.74, 6) is 0.322. The largest absolute Gasteiger partial charge is 0.392 e. The van der Waals surface area contributed by atoms with Crippen LogP contribution in [0.2, 0.25) is 0 Å². The van der Waals surface area contributed by atoms with E-state index in [0.29, 0.717) is 13.0 Å². The van der Waals surface area contributed by atoms with Crippen molar-refractivity contribution in [1.82, 2.24) is 5.32 Å². The van der Waals surface area contributed by atoms with Crippen molar-refractivity contribution in [3.63, 3.8) is 0 Å². The van der Waals surface area contributed by atoms with Crippen molar-refractivity contribution in [2.45, 2.75) is 52.7 Å². The predicted molar refractivity (Wildman–Crippen MR) is 63.8 cm³/mol. The highest BCUT2D eigenvalue weighted by Crippen LogP contribution is 2.30. The van der Waals surface area contributed by atoms with Crippen LogP contribution >= 0.6 is 0 Å². The fourth-order valence-electron chi connectivity index (χ4n) is 1.90. The van der Waals surface area contributed by atoms with Gasteiger partial charge in [0.1, 0.15) is 0 Å². The van der Waals surface area contributed by atoms with Crippen LogP contribution in [-0.4, -0.2) is 35.0 Å². The maximum Gasteiger partial charge on any atom is 0.0718 e. The highest BCUT2D eigenvalue weighted by Gasteiger charge is 2.36. The number of aliphatic hydroxyl groups is 2. The van der Waals surface area contributed by atoms with Gasteiger partial charge in [0, 0.05) is 13.0 Å². The molecule has 1 unspecified atom stereocenters. The molecule has 92 valence electrons. The smallest absolute Gasteiger partial charge is 0.0718 e. The molecule has 0 bridgehead atoms. The molecule has 0 saturated carbocycles. The van der Waals surface area contributed by atoms with E-state index in [-0.39, 0.29) is 11.8 Å². The average Bonchev–Trinajstić information content (AvgIpc) is 2.13. The SMILES string of the molecule is CCNCC(O)CC(O)(C(C)C)C(C)C. The lowest BCUT2D eigenvalue weighted by Crippen LogP contribution is -2.45. The Balaban J connectivity index is 4.29. The van der Waals surface area contributed by atoms with E-state index in [9.17, 15) is 10.2 Å². The molecule has 0 heterocycles. The molecule has 0 aliphatic rings. The molecule has 15 heavy (non-hydrogen) atoms. The Bertz CT molecular complexity index is 161. The van der Waals surface area contributed by atoms with Crippen LogP contribution in [0.25, 0.3) is 0 Å². The van der Waals surface area contributed by atoms with Gasteiger partial charge in [-0.05, 0) is 18.4 Å². The lowest BCUT2D eigenvalue weighted by molar-refractivity contribution is -0.0795. The van der Waals surface area contributed by atoms with Crippen LogP contribution in [0.5, 0.6) is 0 Å². The van der Waals surface area contributed by atoms with Gasteiger partial charge in [0.2, 0.25) is 0 Å². The number of nitrogens with one attached hydrogen (secondary N) is 1. The normalized spacial score (nSPS) is 15.0. The average molecular weight is 217 g/mol. The molecule has 0 aromatic heterocycles. The van der Waals surface area contributed by atoms with E-state index in [0.717, 1.165) is 6.54 Å². The molecule has 0 aromatic rings. The molecule has 0 aliphatic heterocycles. The van der Waals surface area contributed by atoms with Crippen molar-refractivity contribution < 1.29 is 10.2 Å². The van der Waals surface area contributed by atoms with Gasteiger partial charge in [-0.25, -0.2) is 0 Å². The number of aliphatic hydroxyl groups excluding tert-OH is 1. The van der Waals surface area contributed by atoms with E-state index in [1.54, 1.807) is 0 Å². The van der Waals surface area contributed by atoms with Crippen LogP contribution in [0.15, 0.2) is 0 Å². The summed E-state index contributed by atoms with van der Waals surface area (Å²) in [6, 6.07) is 0. The summed E-state index contributed by atoms with van der Waals surface area (Å²) >= 11 is 0. The predicted octanol–water partition coefficient (Wildman–Crippen LogP) is 1.39. The molecule has 0 aromatic carbocycles. The molecule has 3 N–H and O–H groups in total. The first-order chi connectivity index (χ1) is 6.84. The van der Waals surface area contributed by atoms with Crippen molar-refractivity contribution >= 4 is 0 Å². The van der Waals surface area contributed by atoms with Crippen LogP contribution in [0, 0.1) is 11.8 Å². The lowest BCUT2D eigenvalue weighted by atomic mass is 9.76. The van der Waals surface area contributed by atoms with Crippen LogP contribution in [-0.2, 0) is 0 Å². The van der Waals surface area contributed by atoms with Crippen molar-refractivity contribution in [3.8, 4) is 0 Å². The Kier molecular flexibility index (Phi) is 6.41. The van der Waals surface area contributed by atoms with Gasteiger partial charge in [-0.1, -0.05) is 34.6 Å². The topological polar surface area (TPSA) is 52.5 Å². The van der Waals surface area contributed by atoms with Gasteiger partial charge in [-0.3, -0.25) is 0 Å². The second-order valence-corrected chi connectivity index (χ2v) is 4.97. The number of hydrogen-bond acceptors (Lipinski definition) is 3. The summed E-state index contributed by atoms with van der Waals surface area (Å²) in [5.41, 5.74) is -0.769. The molecular formula is C12H27NO2. The first kappa shape index (κ1) is 14.9. The van der Waals surface area contributed by atoms with E-state index in [1.807, 2.05) is 34.6 Å². The Morgan fingerprint density at radius 2 is 1.60 bits per heavy atom. The number of rotatable bonds is 7. The zero-order valence-corrected chi connectivity index (χ0v) is 10.7. The van der Waals surface area contributed by atoms with E-state index >= 15 is 0 Å². The summed E-state index contributed by atoms with van der Waals surface area (Å²) in [7, 11) is 0. The molecule has 0 amide bonds. The maximum atomic E-state index is 10.4. The quantitative estimate of drug-likeness (QED) is 0.604. The highest BCUT2D eigenvalue weighted by atomic mass is 16.3. The van der Waals surface area contributed by atoms with Crippen LogP contribution < -0.4 is 5.32 Å². The fourth-order valence-corrected chi connectivity index (χ4v) is 1.90. The number of likely N-dealkylation sites (N-methyl/N-ethyl adjacent to an activating group) is 1. The van der Waals surface area contributed by atoms with Gasteiger partial charge in [0.05, 0.1) is 11.7 Å². The standard InChI is InChI=1S/C12H27NO2/c1-6-13-8-11(14)7-12(15,9(2)3)10(4)5/h9-11,13-15H,6-8H2,1-5H3. The monoisotopic (exact) mass is 217 g/mol. The Labute approximate surface area is 93.9 Å². The maximum absolute atomic E-state index is 10.4. The van der Waals surface area contributed by atoms with Gasteiger partial charge < -0.3 is 15.5 Å². The van der Waals surface area contributed by atoms with E-state index in [2.05, 4.69) is 5.32 Å². The minimum atomic E-state index is -0.769. The first-order valence-electron chi connectivity index (χ1n) is 5.95. The van der Waals surface area contributed by atoms with Gasteiger partial charge in [-0.2, -0.15) is 0 Å². The third-order valence-electron chi connectivity index (χ3n) is 3.19. The van der Waals surface area contributed by atoms with Crippen molar-refractivity contribution in [2.24, 2.45) is 11.8 Å². The molecule has 0 saturated heterocycles. The molecule has 3 nitrogen and oxygen atoms in total. The third kappa shape index (κ3) is 4.49. The lowest BCUT2D eigenvalue weighted by Gasteiger charge is -2.37. The van der Waals surface area contributed by atoms with E-state index in [4.69, 9.17) is 0 Å². The zero-order valence-electron chi connectivity index (χ0n) is 10.7. The van der Waals surface area contributed by atoms with Gasteiger partial charge >= 0.3 is 0 Å². The van der Waals surface area contributed by atoms with Crippen molar-refractivity contribution in [2.75, 3.05) is 13.1 Å². The molecule has 0 spiro atoms. The Hall–Kier alpha value is -0.120. The van der Waals surface area contributed by atoms with E-state index < -0.39 is 11.7 Å². The summed E-state index contributed by atoms with van der Waals surface area (Å²) < 4.78 is 0. The highest BCUT2D eigenvalue weighted by molar-refractivity contribution is 4.87.